The lowest BCUT2D eigenvalue weighted by Crippen LogP contribution is -2.66. The van der Waals surface area contributed by atoms with Crippen LogP contribution < -0.4 is 47.9 Å². The fourth-order valence-corrected chi connectivity index (χ4v) is 13.9. The molecule has 0 bridgehead atoms. The molecule has 3 saturated heterocycles. The van der Waals surface area contributed by atoms with E-state index in [-0.39, 0.29) is 201 Å². The number of nitrogens with zero attached hydrogens (tertiary/aromatic N) is 2. The summed E-state index contributed by atoms with van der Waals surface area (Å²) in [5.74, 6) is -10.5. The molecular formula is C88H139N11O38. The van der Waals surface area contributed by atoms with Crippen LogP contribution in [0, 0.1) is 0 Å². The van der Waals surface area contributed by atoms with Gasteiger partial charge in [0.15, 0.2) is 55.5 Å². The fourth-order valence-electron chi connectivity index (χ4n) is 13.9. The Labute approximate surface area is 795 Å². The van der Waals surface area contributed by atoms with Crippen LogP contribution in [0.2, 0.25) is 0 Å². The Morgan fingerprint density at radius 3 is 0.839 bits per heavy atom. The first-order valence-corrected chi connectivity index (χ1v) is 45.4. The molecule has 4 rings (SSSR count). The summed E-state index contributed by atoms with van der Waals surface area (Å²) in [6.07, 6.45) is -12.8. The molecule has 3 aliphatic heterocycles. The maximum absolute atomic E-state index is 13.8. The lowest BCUT2D eigenvalue weighted by Gasteiger charge is -2.44. The van der Waals surface area contributed by atoms with Crippen molar-refractivity contribution in [2.45, 2.75) is 239 Å². The van der Waals surface area contributed by atoms with Gasteiger partial charge in [-0.2, -0.15) is 0 Å². The van der Waals surface area contributed by atoms with Crippen molar-refractivity contribution in [2.75, 3.05) is 178 Å². The van der Waals surface area contributed by atoms with Gasteiger partial charge in [0.1, 0.15) is 56.3 Å². The maximum atomic E-state index is 13.8. The summed E-state index contributed by atoms with van der Waals surface area (Å²) < 4.78 is 112. The number of amides is 9. The van der Waals surface area contributed by atoms with Crippen molar-refractivity contribution in [3.63, 3.8) is 0 Å². The average Bonchev–Trinajstić information content (AvgIpc) is 0.794. The molecule has 15 unspecified atom stereocenters. The Morgan fingerprint density at radius 2 is 0.547 bits per heavy atom. The highest BCUT2D eigenvalue weighted by Gasteiger charge is 2.55. The summed E-state index contributed by atoms with van der Waals surface area (Å²) in [7, 11) is 0. The van der Waals surface area contributed by atoms with Gasteiger partial charge in [0, 0.05) is 161 Å². The third-order valence-electron chi connectivity index (χ3n) is 19.8. The van der Waals surface area contributed by atoms with Crippen LogP contribution in [-0.2, 0) is 188 Å². The van der Waals surface area contributed by atoms with E-state index in [0.29, 0.717) is 45.1 Å². The predicted molar refractivity (Wildman–Crippen MR) is 472 cm³/mol. The normalized spacial score (nSPS) is 21.1. The summed E-state index contributed by atoms with van der Waals surface area (Å²) in [6, 6.07) is 6.00. The van der Waals surface area contributed by atoms with Gasteiger partial charge in [-0.25, -0.2) is 0 Å². The number of hydrogen-bond acceptors (Lipinski definition) is 40. The number of ether oxygens (including phenoxy) is 20. The zero-order valence-corrected chi connectivity index (χ0v) is 80.1. The van der Waals surface area contributed by atoms with Gasteiger partial charge in [-0.3, -0.25) is 96.1 Å². The molecule has 0 radical (unpaired) electrons. The molecule has 3 heterocycles. The van der Waals surface area contributed by atoms with E-state index in [0.717, 1.165) is 67.9 Å². The lowest BCUT2D eigenvalue weighted by molar-refractivity contribution is -0.279. The van der Waals surface area contributed by atoms with Crippen LogP contribution in [0.15, 0.2) is 30.3 Å². The molecular weight excluding hydrogens is 1820 g/mol. The Kier molecular flexibility index (Phi) is 59.0. The van der Waals surface area contributed by atoms with Gasteiger partial charge in [0.05, 0.1) is 106 Å². The smallest absolute Gasteiger partial charge is 0.303 e. The van der Waals surface area contributed by atoms with Crippen LogP contribution in [0.25, 0.3) is 0 Å². The van der Waals surface area contributed by atoms with E-state index in [1.165, 1.54) is 20.8 Å². The van der Waals surface area contributed by atoms with Crippen LogP contribution in [0.5, 0.6) is 0 Å². The van der Waals surface area contributed by atoms with E-state index in [1.807, 2.05) is 35.2 Å². The number of hydrogen-bond donors (Lipinski definition) is 9. The van der Waals surface area contributed by atoms with Crippen LogP contribution in [0.3, 0.4) is 0 Å². The third kappa shape index (κ3) is 53.1. The topological polar surface area (TPSA) is 607 Å². The van der Waals surface area contributed by atoms with E-state index in [2.05, 4.69) is 47.9 Å². The second kappa shape index (κ2) is 68.2. The standard InChI is InChI=1S/C88H139N11O38/c1-55(100)95-77-83(132-64(10)109)80(129-61(7)106)68(52-126-58(4)103)135-86(77)123-45-42-118-36-24-71(112)89-27-16-19-30-92-74(115)48-98(35-39-121-40-41-122-51-67-22-14-13-15-23-67)33-34-99(49-75(116)93-31-20-17-28-90-72(113)25-37-119-43-46-124-87-78(96-56(2)101)84(133-65(11)110)81(130-62(8)107)69(136-87)53-127-59(5)104)50-76(117)94-32-21-18-29-91-73(114)26-38-120-44-47-125-88-79(97-57(3)102)85(134-66(12)111)82(131-63(9)108)70(137-88)54-128-60(6)105/h13-15,22-23,68-70,77-88H,16-21,24-54H2,1-12H3,(H,89,112)(H,90,113)(H,91,114)(H,92,115)(H,93,116)(H,94,117)(H,95,100)(H,96,101)(H,97,102). The molecule has 137 heavy (non-hydrogen) atoms. The quantitative estimate of drug-likeness (QED) is 0.0179. The highest BCUT2D eigenvalue weighted by molar-refractivity contribution is 5.82. The van der Waals surface area contributed by atoms with Crippen molar-refractivity contribution in [1.82, 2.24) is 57.7 Å². The predicted octanol–water partition coefficient (Wildman–Crippen LogP) is -2.90. The zero-order valence-electron chi connectivity index (χ0n) is 80.1. The number of nitrogens with one attached hydrogen (secondary N) is 9. The first kappa shape index (κ1) is 118. The van der Waals surface area contributed by atoms with E-state index in [4.69, 9.17) is 94.7 Å². The van der Waals surface area contributed by atoms with Gasteiger partial charge in [0.25, 0.3) is 0 Å². The number of esters is 9. The van der Waals surface area contributed by atoms with Gasteiger partial charge < -0.3 is 143 Å². The van der Waals surface area contributed by atoms with E-state index >= 15 is 0 Å². The summed E-state index contributed by atoms with van der Waals surface area (Å²) in [5, 5.41) is 24.9. The fraction of sp³-hybridized carbons (Fsp3) is 0.727. The Bertz CT molecular complexity index is 3790. The zero-order chi connectivity index (χ0) is 101. The van der Waals surface area contributed by atoms with Crippen molar-refractivity contribution in [1.29, 1.82) is 0 Å². The van der Waals surface area contributed by atoms with Gasteiger partial charge in [-0.05, 0) is 44.1 Å². The minimum absolute atomic E-state index is 0.0209. The van der Waals surface area contributed by atoms with E-state index in [1.54, 1.807) is 4.90 Å². The maximum Gasteiger partial charge on any atom is 0.303 e. The Hall–Kier alpha value is -10.8. The molecule has 9 amide bonds. The molecule has 1 aromatic carbocycles. The van der Waals surface area contributed by atoms with E-state index < -0.39 is 195 Å². The number of carbonyl (C=O) groups excluding carboxylic acids is 18. The number of rotatable bonds is 68. The molecule has 774 valence electrons. The highest BCUT2D eigenvalue weighted by atomic mass is 16.7. The SMILES string of the molecule is CC(=O)NC1C(OCCOCCC(=O)NCCCCNC(=O)CN(CCOCCOCc2ccccc2)CCN(CC(=O)NCCCCNC(=O)CCOCCOC2OC(COC(C)=O)C(OC(C)=O)C(OC(C)=O)C2NC(C)=O)CC(=O)NCCCCNC(=O)CCOCCOC2OC(COC(C)=O)C(OC(C)=O)C(OC(C)=O)C2NC(C)=O)OC(COC(C)=O)C(OC(C)=O)C1OC(C)=O. The number of benzene rings is 1. The molecule has 1 aromatic rings. The van der Waals surface area contributed by atoms with Crippen molar-refractivity contribution in [3.8, 4) is 0 Å². The monoisotopic (exact) mass is 1960 g/mol. The molecule has 0 aromatic heterocycles. The third-order valence-corrected chi connectivity index (χ3v) is 19.8. The van der Waals surface area contributed by atoms with Gasteiger partial charge in [-0.15, -0.1) is 0 Å². The molecule has 0 spiro atoms. The van der Waals surface area contributed by atoms with Crippen molar-refractivity contribution in [3.05, 3.63) is 35.9 Å². The Morgan fingerprint density at radius 1 is 0.285 bits per heavy atom. The minimum atomic E-state index is -1.33. The van der Waals surface area contributed by atoms with Crippen LogP contribution >= 0.6 is 0 Å². The van der Waals surface area contributed by atoms with Crippen LogP contribution in [0.4, 0.5) is 0 Å². The Balaban J connectivity index is 1.33. The van der Waals surface area contributed by atoms with E-state index in [9.17, 15) is 86.3 Å². The van der Waals surface area contributed by atoms with Crippen LogP contribution in [0.1, 0.15) is 146 Å². The molecule has 3 aliphatic rings. The summed E-state index contributed by atoms with van der Waals surface area (Å²) in [6.45, 7) is 14.1. The average molecular weight is 1960 g/mol. The summed E-state index contributed by atoms with van der Waals surface area (Å²) in [4.78, 5) is 228. The van der Waals surface area contributed by atoms with Gasteiger partial charge in [-0.1, -0.05) is 30.3 Å². The van der Waals surface area contributed by atoms with Crippen molar-refractivity contribution >= 4 is 107 Å². The molecule has 15 atom stereocenters. The molecule has 49 nitrogen and oxygen atoms in total. The van der Waals surface area contributed by atoms with Crippen molar-refractivity contribution in [2.24, 2.45) is 0 Å². The molecule has 0 aliphatic carbocycles. The second-order valence-electron chi connectivity index (χ2n) is 31.7. The number of carbonyl (C=O) groups is 18. The summed E-state index contributed by atoms with van der Waals surface area (Å²) >= 11 is 0. The molecule has 3 fully saturated rings. The second-order valence-corrected chi connectivity index (χ2v) is 31.7. The lowest BCUT2D eigenvalue weighted by atomic mass is 9.96. The molecule has 9 N–H and O–H groups in total. The first-order valence-electron chi connectivity index (χ1n) is 45.4. The largest absolute Gasteiger partial charge is 0.463 e. The molecule has 49 heteroatoms. The number of unbranched alkanes of at least 4 members (excludes halogenated alkanes) is 3. The highest BCUT2D eigenvalue weighted by Crippen LogP contribution is 2.32. The van der Waals surface area contributed by atoms with Crippen molar-refractivity contribution < 1.29 is 181 Å². The van der Waals surface area contributed by atoms with Gasteiger partial charge in [0.2, 0.25) is 53.2 Å². The van der Waals surface area contributed by atoms with Crippen LogP contribution in [-0.4, -0.2) is 386 Å². The van der Waals surface area contributed by atoms with Gasteiger partial charge >= 0.3 is 53.7 Å². The first-order chi connectivity index (χ1) is 65.4. The molecule has 0 saturated carbocycles. The minimum Gasteiger partial charge on any atom is -0.463 e. The summed E-state index contributed by atoms with van der Waals surface area (Å²) in [5.41, 5.74) is 0.980.